The lowest BCUT2D eigenvalue weighted by molar-refractivity contribution is -0.132. The molecule has 4 heterocycles. The molecule has 1 aliphatic carbocycles. The van der Waals surface area contributed by atoms with E-state index in [1.807, 2.05) is 24.3 Å². The molecule has 0 unspecified atom stereocenters. The van der Waals surface area contributed by atoms with Crippen LogP contribution in [0.2, 0.25) is 0 Å². The van der Waals surface area contributed by atoms with Gasteiger partial charge in [0.2, 0.25) is 5.91 Å². The van der Waals surface area contributed by atoms with Crippen LogP contribution >= 0.6 is 0 Å². The van der Waals surface area contributed by atoms with Gasteiger partial charge < -0.3 is 15.1 Å². The third-order valence-corrected chi connectivity index (χ3v) is 5.74. The number of piperazine rings is 1. The maximum absolute atomic E-state index is 12.7. The second-order valence-electron chi connectivity index (χ2n) is 8.07. The monoisotopic (exact) mass is 432 g/mol. The highest BCUT2D eigenvalue weighted by molar-refractivity contribution is 5.76. The van der Waals surface area contributed by atoms with E-state index in [-0.39, 0.29) is 18.0 Å². The van der Waals surface area contributed by atoms with Gasteiger partial charge in [0.1, 0.15) is 6.54 Å². The molecule has 32 heavy (non-hydrogen) atoms. The summed E-state index contributed by atoms with van der Waals surface area (Å²) in [4.78, 5) is 37.3. The normalized spacial score (nSPS) is 16.1. The van der Waals surface area contributed by atoms with Crippen LogP contribution < -0.4 is 15.8 Å². The molecular formula is C22H24N8O2. The van der Waals surface area contributed by atoms with Gasteiger partial charge in [-0.05, 0) is 37.1 Å². The first-order valence-corrected chi connectivity index (χ1v) is 10.8. The van der Waals surface area contributed by atoms with Gasteiger partial charge in [-0.3, -0.25) is 19.1 Å². The summed E-state index contributed by atoms with van der Waals surface area (Å²) in [6.45, 7) is 2.47. The average Bonchev–Trinajstić information content (AvgIpc) is 3.67. The van der Waals surface area contributed by atoms with Crippen molar-refractivity contribution in [3.63, 3.8) is 0 Å². The zero-order valence-electron chi connectivity index (χ0n) is 17.6. The van der Waals surface area contributed by atoms with Gasteiger partial charge in [0.25, 0.3) is 5.56 Å². The van der Waals surface area contributed by atoms with E-state index in [1.165, 1.54) is 10.9 Å². The number of nitrogens with zero attached hydrogens (tertiary/aromatic N) is 7. The van der Waals surface area contributed by atoms with Crippen molar-refractivity contribution < 1.29 is 4.79 Å². The molecule has 2 aliphatic rings. The topological polar surface area (TPSA) is 109 Å². The van der Waals surface area contributed by atoms with Crippen molar-refractivity contribution in [2.45, 2.75) is 25.3 Å². The summed E-state index contributed by atoms with van der Waals surface area (Å²) >= 11 is 0. The molecule has 1 N–H and O–H groups in total. The van der Waals surface area contributed by atoms with Crippen LogP contribution in [-0.2, 0) is 11.3 Å². The molecule has 2 fully saturated rings. The minimum atomic E-state index is -0.163. The Kier molecular flexibility index (Phi) is 5.49. The molecule has 1 saturated carbocycles. The fraction of sp³-hybridized carbons (Fsp3) is 0.364. The Bertz CT molecular complexity index is 1140. The Labute approximate surface area is 184 Å². The highest BCUT2D eigenvalue weighted by Gasteiger charge is 2.26. The van der Waals surface area contributed by atoms with Crippen molar-refractivity contribution in [3.05, 3.63) is 65.1 Å². The second kappa shape index (κ2) is 8.74. The van der Waals surface area contributed by atoms with Crippen molar-refractivity contribution in [2.75, 3.05) is 36.4 Å². The summed E-state index contributed by atoms with van der Waals surface area (Å²) < 4.78 is 1.39. The predicted molar refractivity (Wildman–Crippen MR) is 119 cm³/mol. The highest BCUT2D eigenvalue weighted by Crippen LogP contribution is 2.38. The van der Waals surface area contributed by atoms with Crippen LogP contribution in [0, 0.1) is 0 Å². The lowest BCUT2D eigenvalue weighted by Gasteiger charge is -2.35. The number of hydrogen-bond acceptors (Lipinski definition) is 8. The van der Waals surface area contributed by atoms with Crippen LogP contribution in [-0.4, -0.2) is 61.7 Å². The molecule has 0 radical (unpaired) electrons. The van der Waals surface area contributed by atoms with E-state index in [0.29, 0.717) is 37.9 Å². The minimum Gasteiger partial charge on any atom is -0.352 e. The number of nitrogens with one attached hydrogen (secondary N) is 1. The van der Waals surface area contributed by atoms with E-state index in [2.05, 4.69) is 30.4 Å². The third kappa shape index (κ3) is 4.58. The Hall–Kier alpha value is -3.82. The summed E-state index contributed by atoms with van der Waals surface area (Å²) in [6.07, 6.45) is 7.12. The summed E-state index contributed by atoms with van der Waals surface area (Å²) in [5.74, 6) is 1.76. The molecule has 0 aromatic carbocycles. The number of carbonyl (C=O) groups is 1. The summed E-state index contributed by atoms with van der Waals surface area (Å²) in [7, 11) is 0. The van der Waals surface area contributed by atoms with E-state index >= 15 is 0 Å². The Balaban J connectivity index is 1.14. The van der Waals surface area contributed by atoms with Crippen LogP contribution in [0.25, 0.3) is 0 Å². The molecule has 1 saturated heterocycles. The molecule has 3 aromatic heterocycles. The molecule has 10 heteroatoms. The van der Waals surface area contributed by atoms with E-state index in [4.69, 9.17) is 0 Å². The summed E-state index contributed by atoms with van der Waals surface area (Å²) in [6, 6.07) is 9.10. The second-order valence-corrected chi connectivity index (χ2v) is 8.07. The van der Waals surface area contributed by atoms with E-state index in [1.54, 1.807) is 23.4 Å². The fourth-order valence-electron chi connectivity index (χ4n) is 3.74. The molecule has 0 atom stereocenters. The molecule has 5 rings (SSSR count). The molecule has 1 aliphatic heterocycles. The average molecular weight is 432 g/mol. The van der Waals surface area contributed by atoms with Gasteiger partial charge in [-0.2, -0.15) is 0 Å². The lowest BCUT2D eigenvalue weighted by Crippen LogP contribution is -2.50. The number of pyridine rings is 1. The van der Waals surface area contributed by atoms with E-state index < -0.39 is 0 Å². The minimum absolute atomic E-state index is 0.0191. The van der Waals surface area contributed by atoms with Crippen LogP contribution in [0.4, 0.5) is 17.3 Å². The predicted octanol–water partition coefficient (Wildman–Crippen LogP) is 1.40. The van der Waals surface area contributed by atoms with Crippen LogP contribution in [0.15, 0.2) is 53.8 Å². The Morgan fingerprint density at radius 3 is 2.59 bits per heavy atom. The van der Waals surface area contributed by atoms with Crippen LogP contribution in [0.5, 0.6) is 0 Å². The Morgan fingerprint density at radius 1 is 1.09 bits per heavy atom. The van der Waals surface area contributed by atoms with Gasteiger partial charge >= 0.3 is 0 Å². The maximum atomic E-state index is 12.7. The van der Waals surface area contributed by atoms with E-state index in [9.17, 15) is 9.59 Å². The number of hydrogen-bond donors (Lipinski definition) is 1. The molecule has 0 spiro atoms. The Morgan fingerprint density at radius 2 is 1.94 bits per heavy atom. The first-order chi connectivity index (χ1) is 15.7. The quantitative estimate of drug-likeness (QED) is 0.623. The van der Waals surface area contributed by atoms with Crippen molar-refractivity contribution in [3.8, 4) is 0 Å². The van der Waals surface area contributed by atoms with Gasteiger partial charge in [-0.1, -0.05) is 0 Å². The SMILES string of the molecule is O=C(Cn1cnc(C2CC2)cc1=O)N1CCN(c2ccc(Nc3cccnc3)nn2)CC1. The number of aromatic nitrogens is 5. The van der Waals surface area contributed by atoms with Crippen molar-refractivity contribution >= 4 is 23.2 Å². The third-order valence-electron chi connectivity index (χ3n) is 5.74. The summed E-state index contributed by atoms with van der Waals surface area (Å²) in [5.41, 5.74) is 1.53. The molecule has 1 amide bonds. The zero-order valence-corrected chi connectivity index (χ0v) is 17.6. The summed E-state index contributed by atoms with van der Waals surface area (Å²) in [5, 5.41) is 11.7. The lowest BCUT2D eigenvalue weighted by atomic mass is 10.3. The van der Waals surface area contributed by atoms with Gasteiger partial charge in [-0.15, -0.1) is 10.2 Å². The largest absolute Gasteiger partial charge is 0.352 e. The fourth-order valence-corrected chi connectivity index (χ4v) is 3.74. The van der Waals surface area contributed by atoms with Crippen molar-refractivity contribution in [1.29, 1.82) is 0 Å². The number of amides is 1. The standard InChI is InChI=1S/C22H24N8O2/c31-21-12-18(16-3-4-16)24-15-30(21)14-22(32)29-10-8-28(9-11-29)20-6-5-19(26-27-20)25-17-2-1-7-23-13-17/h1-2,5-7,12-13,15-16H,3-4,8-11,14H2,(H,25,26). The molecule has 164 valence electrons. The van der Waals surface area contributed by atoms with Gasteiger partial charge in [0, 0.05) is 44.4 Å². The maximum Gasteiger partial charge on any atom is 0.254 e. The smallest absolute Gasteiger partial charge is 0.254 e. The molecular weight excluding hydrogens is 408 g/mol. The van der Waals surface area contributed by atoms with Crippen LogP contribution in [0.3, 0.4) is 0 Å². The first-order valence-electron chi connectivity index (χ1n) is 10.8. The van der Waals surface area contributed by atoms with Gasteiger partial charge in [-0.25, -0.2) is 4.98 Å². The van der Waals surface area contributed by atoms with Gasteiger partial charge in [0.05, 0.1) is 23.9 Å². The number of carbonyl (C=O) groups excluding carboxylic acids is 1. The highest BCUT2D eigenvalue weighted by atomic mass is 16.2. The number of anilines is 3. The molecule has 0 bridgehead atoms. The van der Waals surface area contributed by atoms with E-state index in [0.717, 1.165) is 30.0 Å². The van der Waals surface area contributed by atoms with Gasteiger partial charge in [0.15, 0.2) is 11.6 Å². The number of rotatable bonds is 6. The van der Waals surface area contributed by atoms with Crippen molar-refractivity contribution in [1.82, 2.24) is 29.6 Å². The van der Waals surface area contributed by atoms with Crippen LogP contribution in [0.1, 0.15) is 24.5 Å². The molecule has 10 nitrogen and oxygen atoms in total. The molecule has 3 aromatic rings. The van der Waals surface area contributed by atoms with Crippen molar-refractivity contribution in [2.24, 2.45) is 0 Å². The zero-order chi connectivity index (χ0) is 21.9. The first kappa shape index (κ1) is 20.1.